The zero-order chi connectivity index (χ0) is 9.47. The molecule has 2 aliphatic rings. The Hall–Kier alpha value is 0.130. The van der Waals surface area contributed by atoms with Gasteiger partial charge in [-0.2, -0.15) is 0 Å². The molecule has 0 aliphatic heterocycles. The highest BCUT2D eigenvalue weighted by Crippen LogP contribution is 2.47. The fourth-order valence-electron chi connectivity index (χ4n) is 3.18. The van der Waals surface area contributed by atoms with E-state index in [9.17, 15) is 0 Å². The van der Waals surface area contributed by atoms with E-state index in [1.54, 1.807) is 0 Å². The Bertz CT molecular complexity index is 183. The molecule has 0 heterocycles. The van der Waals surface area contributed by atoms with Crippen molar-refractivity contribution in [3.8, 4) is 0 Å². The highest BCUT2D eigenvalue weighted by atomic mass is 14.4. The minimum Gasteiger partial charge on any atom is -0.0990 e. The van der Waals surface area contributed by atoms with Crippen LogP contribution in [0, 0.1) is 17.8 Å². The molecule has 4 radical (unpaired) electrons. The number of fused-ring (bicyclic) bond motifs is 2. The van der Waals surface area contributed by atoms with Crippen molar-refractivity contribution in [2.45, 2.75) is 50.7 Å². The SMILES string of the molecule is [B]C([B])(C)C1CCC2CCC(C2)C1. The molecule has 68 valence electrons. The van der Waals surface area contributed by atoms with E-state index in [2.05, 4.69) is 0 Å². The Labute approximate surface area is 84.7 Å². The Morgan fingerprint density at radius 2 is 1.54 bits per heavy atom. The van der Waals surface area contributed by atoms with Crippen molar-refractivity contribution in [1.82, 2.24) is 0 Å². The molecule has 0 spiro atoms. The van der Waals surface area contributed by atoms with Crippen LogP contribution >= 0.6 is 0 Å². The molecule has 2 heteroatoms. The summed E-state index contributed by atoms with van der Waals surface area (Å²) in [6, 6.07) is 0. The van der Waals surface area contributed by atoms with Crippen molar-refractivity contribution in [1.29, 1.82) is 0 Å². The van der Waals surface area contributed by atoms with Gasteiger partial charge in [-0.3, -0.25) is 0 Å². The second kappa shape index (κ2) is 3.37. The zero-order valence-electron chi connectivity index (χ0n) is 8.63. The van der Waals surface area contributed by atoms with Gasteiger partial charge >= 0.3 is 0 Å². The minimum absolute atomic E-state index is 0.440. The second-order valence-corrected chi connectivity index (χ2v) is 5.42. The van der Waals surface area contributed by atoms with Gasteiger partial charge in [0.15, 0.2) is 0 Å². The van der Waals surface area contributed by atoms with E-state index < -0.39 is 5.21 Å². The van der Waals surface area contributed by atoms with E-state index in [-0.39, 0.29) is 0 Å². The molecule has 0 nitrogen and oxygen atoms in total. The number of hydrogen-bond donors (Lipinski definition) is 0. The van der Waals surface area contributed by atoms with Crippen LogP contribution in [0.2, 0.25) is 5.21 Å². The van der Waals surface area contributed by atoms with Crippen LogP contribution in [0.5, 0.6) is 0 Å². The summed E-state index contributed by atoms with van der Waals surface area (Å²) in [5.41, 5.74) is 0. The normalized spacial score (nSPS) is 40.2. The predicted molar refractivity (Wildman–Crippen MR) is 58.0 cm³/mol. The van der Waals surface area contributed by atoms with E-state index in [0.717, 1.165) is 11.8 Å². The Kier molecular flexibility index (Phi) is 2.50. The van der Waals surface area contributed by atoms with Crippen LogP contribution in [0.15, 0.2) is 0 Å². The third-order valence-electron chi connectivity index (χ3n) is 4.07. The Morgan fingerprint density at radius 3 is 2.23 bits per heavy atom. The van der Waals surface area contributed by atoms with E-state index in [4.69, 9.17) is 15.7 Å². The molecule has 2 rings (SSSR count). The molecule has 0 amide bonds. The molecule has 3 atom stereocenters. The summed E-state index contributed by atoms with van der Waals surface area (Å²) in [6.07, 6.45) is 8.24. The summed E-state index contributed by atoms with van der Waals surface area (Å²) in [5, 5.41) is -0.440. The summed E-state index contributed by atoms with van der Waals surface area (Å²) in [5.74, 6) is 2.49. The average molecular weight is 172 g/mol. The van der Waals surface area contributed by atoms with E-state index in [1.165, 1.54) is 38.5 Å². The number of rotatable bonds is 1. The topological polar surface area (TPSA) is 0 Å². The van der Waals surface area contributed by atoms with E-state index in [0.29, 0.717) is 5.92 Å². The minimum atomic E-state index is -0.440. The van der Waals surface area contributed by atoms with Gasteiger partial charge in [0, 0.05) is 0 Å². The smallest absolute Gasteiger partial charge is 0.0620 e. The largest absolute Gasteiger partial charge is 0.0990 e. The molecule has 2 aliphatic carbocycles. The van der Waals surface area contributed by atoms with E-state index >= 15 is 0 Å². The van der Waals surface area contributed by atoms with Gasteiger partial charge in [-0.25, -0.2) is 0 Å². The summed E-state index contributed by atoms with van der Waals surface area (Å²) in [6.45, 7) is 1.98. The van der Waals surface area contributed by atoms with Crippen molar-refractivity contribution in [2.24, 2.45) is 17.8 Å². The molecule has 0 N–H and O–H groups in total. The predicted octanol–water partition coefficient (Wildman–Crippen LogP) is 2.68. The van der Waals surface area contributed by atoms with Gasteiger partial charge in [-0.05, 0) is 24.7 Å². The lowest BCUT2D eigenvalue weighted by Crippen LogP contribution is -2.23. The Morgan fingerprint density at radius 1 is 0.923 bits per heavy atom. The molecule has 2 bridgehead atoms. The average Bonchev–Trinajstić information content (AvgIpc) is 2.27. The standard InChI is InChI=1S/C11H18B2/c1-11(12,13)10-5-4-8-2-3-9(6-8)7-10/h8-10H,2-7H2,1H3. The third kappa shape index (κ3) is 2.14. The molecule has 0 aromatic heterocycles. The molecule has 0 aromatic carbocycles. The maximum atomic E-state index is 5.99. The molecule has 2 fully saturated rings. The fourth-order valence-corrected chi connectivity index (χ4v) is 3.18. The van der Waals surface area contributed by atoms with Gasteiger partial charge in [0.1, 0.15) is 0 Å². The maximum absolute atomic E-state index is 5.99. The highest BCUT2D eigenvalue weighted by molar-refractivity contribution is 6.39. The van der Waals surface area contributed by atoms with Gasteiger partial charge in [0.05, 0.1) is 15.7 Å². The third-order valence-corrected chi connectivity index (χ3v) is 4.07. The van der Waals surface area contributed by atoms with Crippen LogP contribution in [0.25, 0.3) is 0 Å². The first-order valence-corrected chi connectivity index (χ1v) is 5.63. The van der Waals surface area contributed by atoms with Crippen molar-refractivity contribution < 1.29 is 0 Å². The molecule has 0 saturated heterocycles. The first-order valence-electron chi connectivity index (χ1n) is 5.63. The van der Waals surface area contributed by atoms with Crippen LogP contribution in [-0.2, 0) is 0 Å². The molecule has 2 saturated carbocycles. The first kappa shape index (κ1) is 9.68. The molecule has 3 unspecified atom stereocenters. The van der Waals surface area contributed by atoms with Crippen LogP contribution < -0.4 is 0 Å². The Balaban J connectivity index is 2.01. The first-order chi connectivity index (χ1) is 6.05. The van der Waals surface area contributed by atoms with Crippen molar-refractivity contribution in [3.05, 3.63) is 0 Å². The van der Waals surface area contributed by atoms with Gasteiger partial charge < -0.3 is 0 Å². The van der Waals surface area contributed by atoms with Crippen LogP contribution in [0.1, 0.15) is 45.4 Å². The van der Waals surface area contributed by atoms with Crippen molar-refractivity contribution in [2.75, 3.05) is 0 Å². The van der Waals surface area contributed by atoms with Gasteiger partial charge in [0.2, 0.25) is 0 Å². The molecular weight excluding hydrogens is 154 g/mol. The van der Waals surface area contributed by atoms with Gasteiger partial charge in [-0.1, -0.05) is 43.7 Å². The zero-order valence-corrected chi connectivity index (χ0v) is 8.63. The van der Waals surface area contributed by atoms with Crippen LogP contribution in [0.3, 0.4) is 0 Å². The van der Waals surface area contributed by atoms with Crippen molar-refractivity contribution >= 4 is 15.7 Å². The summed E-state index contributed by atoms with van der Waals surface area (Å²) >= 11 is 0. The van der Waals surface area contributed by atoms with E-state index in [1.807, 2.05) is 6.92 Å². The molecule has 0 aromatic rings. The number of hydrogen-bond acceptors (Lipinski definition) is 0. The monoisotopic (exact) mass is 172 g/mol. The lowest BCUT2D eigenvalue weighted by Gasteiger charge is -2.33. The molecule has 13 heavy (non-hydrogen) atoms. The highest BCUT2D eigenvalue weighted by Gasteiger charge is 2.34. The van der Waals surface area contributed by atoms with Crippen molar-refractivity contribution in [3.63, 3.8) is 0 Å². The van der Waals surface area contributed by atoms with Crippen LogP contribution in [-0.4, -0.2) is 15.7 Å². The molecular formula is C11H18B2. The summed E-state index contributed by atoms with van der Waals surface area (Å²) in [4.78, 5) is 0. The quantitative estimate of drug-likeness (QED) is 0.533. The summed E-state index contributed by atoms with van der Waals surface area (Å²) in [7, 11) is 12.0. The summed E-state index contributed by atoms with van der Waals surface area (Å²) < 4.78 is 0. The van der Waals surface area contributed by atoms with Gasteiger partial charge in [0.25, 0.3) is 0 Å². The fraction of sp³-hybridized carbons (Fsp3) is 1.00. The van der Waals surface area contributed by atoms with Gasteiger partial charge in [-0.15, -0.1) is 0 Å². The van der Waals surface area contributed by atoms with Crippen LogP contribution in [0.4, 0.5) is 0 Å². The lowest BCUT2D eigenvalue weighted by molar-refractivity contribution is 0.336. The lowest BCUT2D eigenvalue weighted by atomic mass is 9.48. The maximum Gasteiger partial charge on any atom is 0.0620 e. The second-order valence-electron chi connectivity index (χ2n) is 5.42.